The van der Waals surface area contributed by atoms with Gasteiger partial charge in [-0.15, -0.1) is 11.8 Å². The summed E-state index contributed by atoms with van der Waals surface area (Å²) in [7, 11) is 0. The number of hydrogen-bond donors (Lipinski definition) is 2. The van der Waals surface area contributed by atoms with Crippen LogP contribution >= 0.6 is 11.8 Å². The molecule has 1 unspecified atom stereocenters. The van der Waals surface area contributed by atoms with Gasteiger partial charge in [0.05, 0.1) is 11.6 Å². The highest BCUT2D eigenvalue weighted by Gasteiger charge is 2.06. The van der Waals surface area contributed by atoms with Crippen molar-refractivity contribution in [1.29, 1.82) is 0 Å². The van der Waals surface area contributed by atoms with Crippen molar-refractivity contribution in [3.8, 4) is 0 Å². The Labute approximate surface area is 117 Å². The number of rotatable bonds is 5. The first kappa shape index (κ1) is 14.1. The quantitative estimate of drug-likeness (QED) is 0.823. The summed E-state index contributed by atoms with van der Waals surface area (Å²) in [5.41, 5.74) is 0.925. The second-order valence-corrected chi connectivity index (χ2v) is 6.45. The van der Waals surface area contributed by atoms with Crippen LogP contribution in [0.1, 0.15) is 20.8 Å². The van der Waals surface area contributed by atoms with Crippen molar-refractivity contribution in [1.82, 2.24) is 9.97 Å². The molecule has 19 heavy (non-hydrogen) atoms. The van der Waals surface area contributed by atoms with Crippen molar-refractivity contribution in [2.45, 2.75) is 37.0 Å². The van der Waals surface area contributed by atoms with E-state index in [9.17, 15) is 5.11 Å². The van der Waals surface area contributed by atoms with Gasteiger partial charge >= 0.3 is 0 Å². The fourth-order valence-electron chi connectivity index (χ4n) is 1.77. The normalized spacial score (nSPS) is 12.9. The first-order valence-electron chi connectivity index (χ1n) is 6.39. The zero-order valence-corrected chi connectivity index (χ0v) is 12.2. The molecule has 1 aromatic carbocycles. The van der Waals surface area contributed by atoms with E-state index in [-0.39, 0.29) is 0 Å². The van der Waals surface area contributed by atoms with Gasteiger partial charge in [0.25, 0.3) is 0 Å². The molecule has 0 aliphatic rings. The number of benzene rings is 1. The summed E-state index contributed by atoms with van der Waals surface area (Å²) in [5.74, 6) is 0.770. The van der Waals surface area contributed by atoms with E-state index < -0.39 is 6.10 Å². The van der Waals surface area contributed by atoms with E-state index >= 15 is 0 Å². The molecule has 1 atom stereocenters. The van der Waals surface area contributed by atoms with Gasteiger partial charge in [-0.3, -0.25) is 0 Å². The largest absolute Gasteiger partial charge is 0.392 e. The van der Waals surface area contributed by atoms with E-state index in [0.29, 0.717) is 11.8 Å². The molecule has 2 N–H and O–H groups in total. The van der Waals surface area contributed by atoms with Crippen LogP contribution in [0.25, 0.3) is 10.9 Å². The van der Waals surface area contributed by atoms with Crippen LogP contribution in [0.2, 0.25) is 0 Å². The molecule has 4 nitrogen and oxygen atoms in total. The molecule has 1 heterocycles. The van der Waals surface area contributed by atoms with E-state index in [1.54, 1.807) is 13.3 Å². The smallest absolute Gasteiger partial charge is 0.137 e. The molecule has 0 radical (unpaired) electrons. The molecule has 2 aromatic rings. The van der Waals surface area contributed by atoms with Crippen molar-refractivity contribution in [2.24, 2.45) is 0 Å². The predicted molar refractivity (Wildman–Crippen MR) is 80.7 cm³/mol. The van der Waals surface area contributed by atoms with Crippen molar-refractivity contribution in [3.63, 3.8) is 0 Å². The van der Waals surface area contributed by atoms with E-state index in [1.165, 1.54) is 4.90 Å². The minimum Gasteiger partial charge on any atom is -0.392 e. The lowest BCUT2D eigenvalue weighted by Gasteiger charge is -2.11. The van der Waals surface area contributed by atoms with Crippen molar-refractivity contribution >= 4 is 28.5 Å². The molecule has 2 rings (SSSR count). The molecule has 0 bridgehead atoms. The first-order chi connectivity index (χ1) is 9.06. The van der Waals surface area contributed by atoms with Crippen LogP contribution in [0.4, 0.5) is 5.82 Å². The molecule has 0 fully saturated rings. The topological polar surface area (TPSA) is 58.0 Å². The number of nitrogens with zero attached hydrogens (tertiary/aromatic N) is 2. The molecule has 0 aliphatic heterocycles. The number of hydrogen-bond acceptors (Lipinski definition) is 5. The number of nitrogens with one attached hydrogen (secondary N) is 1. The summed E-state index contributed by atoms with van der Waals surface area (Å²) in [6, 6.07) is 6.20. The molecule has 0 saturated heterocycles. The molecule has 0 aliphatic carbocycles. The summed E-state index contributed by atoms with van der Waals surface area (Å²) >= 11 is 1.82. The first-order valence-corrected chi connectivity index (χ1v) is 7.27. The van der Waals surface area contributed by atoms with Crippen LogP contribution in [0.5, 0.6) is 0 Å². The van der Waals surface area contributed by atoms with E-state index in [4.69, 9.17) is 0 Å². The van der Waals surface area contributed by atoms with Crippen LogP contribution in [-0.2, 0) is 0 Å². The number of thioether (sulfide) groups is 1. The molecule has 0 saturated carbocycles. The molecule has 0 spiro atoms. The number of aliphatic hydroxyl groups is 1. The van der Waals surface area contributed by atoms with Crippen LogP contribution in [0.3, 0.4) is 0 Å². The molecule has 5 heteroatoms. The van der Waals surface area contributed by atoms with E-state index in [0.717, 1.165) is 16.7 Å². The van der Waals surface area contributed by atoms with Gasteiger partial charge in [-0.25, -0.2) is 9.97 Å². The highest BCUT2D eigenvalue weighted by molar-refractivity contribution is 7.99. The zero-order valence-electron chi connectivity index (χ0n) is 11.4. The Kier molecular flexibility index (Phi) is 4.61. The van der Waals surface area contributed by atoms with Crippen LogP contribution in [-0.4, -0.2) is 33.0 Å². The van der Waals surface area contributed by atoms with Gasteiger partial charge in [0.1, 0.15) is 12.1 Å². The Bertz CT molecular complexity index is 557. The standard InChI is InChI=1S/C14H19N3OS/c1-9(2)19-11-4-5-12-13(6-11)16-8-17-14(12)15-7-10(3)18/h4-6,8-10,18H,7H2,1-3H3,(H,15,16,17). The minimum absolute atomic E-state index is 0.402. The number of fused-ring (bicyclic) bond motifs is 1. The number of anilines is 1. The SMILES string of the molecule is CC(O)CNc1ncnc2cc(SC(C)C)ccc12. The maximum absolute atomic E-state index is 9.32. The molecular weight excluding hydrogens is 258 g/mol. The Balaban J connectivity index is 2.30. The van der Waals surface area contributed by atoms with Crippen LogP contribution < -0.4 is 5.32 Å². The third-order valence-corrected chi connectivity index (χ3v) is 3.54. The third-order valence-electron chi connectivity index (χ3n) is 2.54. The van der Waals surface area contributed by atoms with E-state index in [2.05, 4.69) is 41.3 Å². The fraction of sp³-hybridized carbons (Fsp3) is 0.429. The molecule has 102 valence electrons. The maximum atomic E-state index is 9.32. The average Bonchev–Trinajstić information content (AvgIpc) is 2.35. The lowest BCUT2D eigenvalue weighted by molar-refractivity contribution is 0.208. The van der Waals surface area contributed by atoms with Gasteiger partial charge in [0.15, 0.2) is 0 Å². The molecular formula is C14H19N3OS. The third kappa shape index (κ3) is 3.81. The van der Waals surface area contributed by atoms with Crippen molar-refractivity contribution < 1.29 is 5.11 Å². The van der Waals surface area contributed by atoms with E-state index in [1.807, 2.05) is 17.8 Å². The minimum atomic E-state index is -0.402. The number of aromatic nitrogens is 2. The van der Waals surface area contributed by atoms with Gasteiger partial charge in [-0.05, 0) is 25.1 Å². The second-order valence-electron chi connectivity index (χ2n) is 4.80. The monoisotopic (exact) mass is 277 g/mol. The molecule has 0 amide bonds. The predicted octanol–water partition coefficient (Wildman–Crippen LogP) is 2.92. The van der Waals surface area contributed by atoms with Gasteiger partial charge < -0.3 is 10.4 Å². The van der Waals surface area contributed by atoms with Crippen molar-refractivity contribution in [3.05, 3.63) is 24.5 Å². The van der Waals surface area contributed by atoms with Gasteiger partial charge in [-0.1, -0.05) is 13.8 Å². The molecule has 1 aromatic heterocycles. The number of aliphatic hydroxyl groups excluding tert-OH is 1. The Morgan fingerprint density at radius 3 is 2.74 bits per heavy atom. The maximum Gasteiger partial charge on any atom is 0.137 e. The van der Waals surface area contributed by atoms with Gasteiger partial charge in [0, 0.05) is 22.1 Å². The summed E-state index contributed by atoms with van der Waals surface area (Å²) in [6.45, 7) is 6.57. The Morgan fingerprint density at radius 2 is 2.05 bits per heavy atom. The second kappa shape index (κ2) is 6.21. The zero-order chi connectivity index (χ0) is 13.8. The summed E-state index contributed by atoms with van der Waals surface area (Å²) < 4.78 is 0. The van der Waals surface area contributed by atoms with Crippen molar-refractivity contribution in [2.75, 3.05) is 11.9 Å². The highest BCUT2D eigenvalue weighted by Crippen LogP contribution is 2.27. The van der Waals surface area contributed by atoms with Gasteiger partial charge in [0.2, 0.25) is 0 Å². The Hall–Kier alpha value is -1.33. The average molecular weight is 277 g/mol. The lowest BCUT2D eigenvalue weighted by atomic mass is 10.2. The fourth-order valence-corrected chi connectivity index (χ4v) is 2.64. The Morgan fingerprint density at radius 1 is 1.26 bits per heavy atom. The lowest BCUT2D eigenvalue weighted by Crippen LogP contribution is -2.16. The summed E-state index contributed by atoms with van der Waals surface area (Å²) in [5, 5.41) is 14.0. The highest BCUT2D eigenvalue weighted by atomic mass is 32.2. The summed E-state index contributed by atoms with van der Waals surface area (Å²) in [4.78, 5) is 9.75. The summed E-state index contributed by atoms with van der Waals surface area (Å²) in [6.07, 6.45) is 1.15. The van der Waals surface area contributed by atoms with Crippen LogP contribution in [0, 0.1) is 0 Å². The van der Waals surface area contributed by atoms with Crippen LogP contribution in [0.15, 0.2) is 29.4 Å². The van der Waals surface area contributed by atoms with Gasteiger partial charge in [-0.2, -0.15) is 0 Å².